The van der Waals surface area contributed by atoms with E-state index in [2.05, 4.69) is 5.32 Å². The van der Waals surface area contributed by atoms with E-state index in [-0.39, 0.29) is 24.6 Å². The molecule has 19 heavy (non-hydrogen) atoms. The Morgan fingerprint density at radius 3 is 2.37 bits per heavy atom. The molecular weight excluding hydrogens is 257 g/mol. The van der Waals surface area contributed by atoms with Crippen molar-refractivity contribution in [1.82, 2.24) is 5.32 Å². The lowest BCUT2D eigenvalue weighted by atomic mass is 9.92. The molecule has 1 aromatic carbocycles. The van der Waals surface area contributed by atoms with Crippen molar-refractivity contribution in [3.63, 3.8) is 0 Å². The summed E-state index contributed by atoms with van der Waals surface area (Å²) in [5, 5.41) is 2.48. The number of nitrogens with one attached hydrogen (secondary N) is 1. The van der Waals surface area contributed by atoms with Crippen LogP contribution in [0.2, 0.25) is 0 Å². The van der Waals surface area contributed by atoms with Crippen molar-refractivity contribution in [2.75, 3.05) is 6.54 Å². The number of alkyl halides is 3. The summed E-state index contributed by atoms with van der Waals surface area (Å²) >= 11 is 0. The molecule has 6 heteroatoms. The van der Waals surface area contributed by atoms with Gasteiger partial charge < -0.3 is 11.1 Å². The number of carbonyl (C=O) groups excluding carboxylic acids is 1. The SMILES string of the molecule is CC(C)(CN)C(=O)NCc1ccccc1C(F)(F)F. The van der Waals surface area contributed by atoms with Gasteiger partial charge in [-0.2, -0.15) is 13.2 Å². The van der Waals surface area contributed by atoms with Gasteiger partial charge in [-0.15, -0.1) is 0 Å². The first-order valence-electron chi connectivity index (χ1n) is 5.82. The smallest absolute Gasteiger partial charge is 0.352 e. The summed E-state index contributed by atoms with van der Waals surface area (Å²) in [4.78, 5) is 11.8. The molecule has 1 amide bonds. The minimum Gasteiger partial charge on any atom is -0.352 e. The van der Waals surface area contributed by atoms with E-state index in [9.17, 15) is 18.0 Å². The molecule has 0 aliphatic heterocycles. The average molecular weight is 274 g/mol. The molecule has 1 aromatic rings. The zero-order valence-electron chi connectivity index (χ0n) is 10.8. The lowest BCUT2D eigenvalue weighted by Crippen LogP contribution is -2.41. The van der Waals surface area contributed by atoms with E-state index in [0.29, 0.717) is 0 Å². The summed E-state index contributed by atoms with van der Waals surface area (Å²) < 4.78 is 38.2. The quantitative estimate of drug-likeness (QED) is 0.885. The topological polar surface area (TPSA) is 55.1 Å². The number of amides is 1. The molecule has 0 aliphatic carbocycles. The van der Waals surface area contributed by atoms with Gasteiger partial charge in [0.05, 0.1) is 11.0 Å². The maximum absolute atomic E-state index is 12.7. The van der Waals surface area contributed by atoms with Crippen LogP contribution in [0.15, 0.2) is 24.3 Å². The maximum Gasteiger partial charge on any atom is 0.416 e. The van der Waals surface area contributed by atoms with Crippen molar-refractivity contribution in [2.24, 2.45) is 11.1 Å². The van der Waals surface area contributed by atoms with Crippen molar-refractivity contribution in [3.05, 3.63) is 35.4 Å². The molecule has 0 radical (unpaired) electrons. The third kappa shape index (κ3) is 3.96. The highest BCUT2D eigenvalue weighted by molar-refractivity contribution is 5.82. The molecule has 3 nitrogen and oxygen atoms in total. The second-order valence-electron chi connectivity index (χ2n) is 4.93. The molecule has 0 unspecified atom stereocenters. The Hall–Kier alpha value is -1.56. The fourth-order valence-corrected chi connectivity index (χ4v) is 1.46. The maximum atomic E-state index is 12.7. The minimum atomic E-state index is -4.43. The molecular formula is C13H17F3N2O. The summed E-state index contributed by atoms with van der Waals surface area (Å²) in [7, 11) is 0. The zero-order valence-corrected chi connectivity index (χ0v) is 10.8. The van der Waals surface area contributed by atoms with E-state index in [1.807, 2.05) is 0 Å². The second kappa shape index (κ2) is 5.61. The second-order valence-corrected chi connectivity index (χ2v) is 4.93. The number of benzene rings is 1. The van der Waals surface area contributed by atoms with Crippen molar-refractivity contribution in [3.8, 4) is 0 Å². The van der Waals surface area contributed by atoms with Crippen LogP contribution in [-0.2, 0) is 17.5 Å². The Balaban J connectivity index is 2.82. The van der Waals surface area contributed by atoms with E-state index >= 15 is 0 Å². The van der Waals surface area contributed by atoms with E-state index in [4.69, 9.17) is 5.73 Å². The van der Waals surface area contributed by atoms with Crippen LogP contribution in [0.25, 0.3) is 0 Å². The molecule has 0 atom stereocenters. The Morgan fingerprint density at radius 1 is 1.26 bits per heavy atom. The average Bonchev–Trinajstić information content (AvgIpc) is 2.35. The van der Waals surface area contributed by atoms with E-state index in [1.54, 1.807) is 13.8 Å². The first kappa shape index (κ1) is 15.5. The highest BCUT2D eigenvalue weighted by Gasteiger charge is 2.33. The summed E-state index contributed by atoms with van der Waals surface area (Å²) in [6.45, 7) is 3.23. The van der Waals surface area contributed by atoms with Crippen LogP contribution < -0.4 is 11.1 Å². The minimum absolute atomic E-state index is 0.0381. The summed E-state index contributed by atoms with van der Waals surface area (Å²) in [6.07, 6.45) is -4.43. The van der Waals surface area contributed by atoms with Gasteiger partial charge >= 0.3 is 6.18 Å². The fourth-order valence-electron chi connectivity index (χ4n) is 1.46. The summed E-state index contributed by atoms with van der Waals surface area (Å²) in [6, 6.07) is 5.16. The van der Waals surface area contributed by atoms with Gasteiger partial charge in [0.15, 0.2) is 0 Å². The standard InChI is InChI=1S/C13H17F3N2O/c1-12(2,8-17)11(19)18-7-9-5-3-4-6-10(9)13(14,15)16/h3-6H,7-8,17H2,1-2H3,(H,18,19). The van der Waals surface area contributed by atoms with Crippen LogP contribution in [0.3, 0.4) is 0 Å². The third-order valence-electron chi connectivity index (χ3n) is 2.89. The Labute approximate surface area is 110 Å². The third-order valence-corrected chi connectivity index (χ3v) is 2.89. The van der Waals surface area contributed by atoms with Gasteiger partial charge in [0.1, 0.15) is 0 Å². The molecule has 0 saturated heterocycles. The summed E-state index contributed by atoms with van der Waals surface area (Å²) in [5.41, 5.74) is 3.94. The predicted molar refractivity (Wildman–Crippen MR) is 66.1 cm³/mol. The Bertz CT molecular complexity index is 455. The molecule has 3 N–H and O–H groups in total. The molecule has 0 saturated carbocycles. The van der Waals surface area contributed by atoms with Gasteiger partial charge in [-0.25, -0.2) is 0 Å². The van der Waals surface area contributed by atoms with Crippen molar-refractivity contribution in [1.29, 1.82) is 0 Å². The van der Waals surface area contributed by atoms with Gasteiger partial charge in [0.2, 0.25) is 5.91 Å². The van der Waals surface area contributed by atoms with Crippen LogP contribution in [0.1, 0.15) is 25.0 Å². The molecule has 0 aromatic heterocycles. The molecule has 0 heterocycles. The lowest BCUT2D eigenvalue weighted by molar-refractivity contribution is -0.138. The van der Waals surface area contributed by atoms with E-state index in [1.165, 1.54) is 18.2 Å². The van der Waals surface area contributed by atoms with Crippen molar-refractivity contribution in [2.45, 2.75) is 26.6 Å². The van der Waals surface area contributed by atoms with Gasteiger partial charge in [-0.05, 0) is 25.5 Å². The van der Waals surface area contributed by atoms with Gasteiger partial charge in [-0.1, -0.05) is 18.2 Å². The first-order chi connectivity index (χ1) is 8.68. The monoisotopic (exact) mass is 274 g/mol. The van der Waals surface area contributed by atoms with Crippen molar-refractivity contribution >= 4 is 5.91 Å². The van der Waals surface area contributed by atoms with Gasteiger partial charge in [0.25, 0.3) is 0 Å². The number of nitrogens with two attached hydrogens (primary N) is 1. The molecule has 0 aliphatic rings. The predicted octanol–water partition coefficient (Wildman–Crippen LogP) is 2.31. The Kier molecular flexibility index (Phi) is 4.57. The fraction of sp³-hybridized carbons (Fsp3) is 0.462. The van der Waals surface area contributed by atoms with Crippen LogP contribution >= 0.6 is 0 Å². The number of hydrogen-bond donors (Lipinski definition) is 2. The molecule has 0 spiro atoms. The summed E-state index contributed by atoms with van der Waals surface area (Å²) in [5.74, 6) is -0.369. The highest BCUT2D eigenvalue weighted by atomic mass is 19.4. The molecule has 0 fully saturated rings. The van der Waals surface area contributed by atoms with Gasteiger partial charge in [0, 0.05) is 13.1 Å². The Morgan fingerprint density at radius 2 is 1.84 bits per heavy atom. The normalized spacial score (nSPS) is 12.3. The largest absolute Gasteiger partial charge is 0.416 e. The van der Waals surface area contributed by atoms with E-state index in [0.717, 1.165) is 6.07 Å². The van der Waals surface area contributed by atoms with E-state index < -0.39 is 17.2 Å². The van der Waals surface area contributed by atoms with Crippen LogP contribution in [-0.4, -0.2) is 12.5 Å². The molecule has 0 bridgehead atoms. The van der Waals surface area contributed by atoms with Crippen molar-refractivity contribution < 1.29 is 18.0 Å². The van der Waals surface area contributed by atoms with Gasteiger partial charge in [-0.3, -0.25) is 4.79 Å². The highest BCUT2D eigenvalue weighted by Crippen LogP contribution is 2.31. The lowest BCUT2D eigenvalue weighted by Gasteiger charge is -2.22. The first-order valence-corrected chi connectivity index (χ1v) is 5.82. The zero-order chi connectivity index (χ0) is 14.7. The number of rotatable bonds is 4. The van der Waals surface area contributed by atoms with Crippen LogP contribution in [0, 0.1) is 5.41 Å². The molecule has 1 rings (SSSR count). The van der Waals surface area contributed by atoms with Crippen LogP contribution in [0.4, 0.5) is 13.2 Å². The molecule has 106 valence electrons. The number of carbonyl (C=O) groups is 1. The number of hydrogen-bond acceptors (Lipinski definition) is 2. The van der Waals surface area contributed by atoms with Crippen LogP contribution in [0.5, 0.6) is 0 Å². The number of halogens is 3.